The number of nitrogens with one attached hydrogen (secondary N) is 1. The molecule has 2 N–H and O–H groups in total. The van der Waals surface area contributed by atoms with Gasteiger partial charge in [0.2, 0.25) is 0 Å². The zero-order valence-corrected chi connectivity index (χ0v) is 18.2. The number of aliphatic hydroxyl groups excluding tert-OH is 1. The number of amides is 1. The largest absolute Gasteiger partial charge is 0.497 e. The summed E-state index contributed by atoms with van der Waals surface area (Å²) in [5, 5.41) is 13.0. The lowest BCUT2D eigenvalue weighted by molar-refractivity contribution is 0.0729. The molecule has 0 aliphatic heterocycles. The SMILES string of the molecule is CCC(O)N[C@H]1CC[C@@H](N(C)C(=O)c2ccc(-c3ccc(OC)cc3OC)cc2)C1. The van der Waals surface area contributed by atoms with Gasteiger partial charge in [0.05, 0.1) is 14.2 Å². The summed E-state index contributed by atoms with van der Waals surface area (Å²) in [5.41, 5.74) is 2.59. The maximum absolute atomic E-state index is 13.0. The number of rotatable bonds is 8. The van der Waals surface area contributed by atoms with Gasteiger partial charge in [0, 0.05) is 36.3 Å². The lowest BCUT2D eigenvalue weighted by atomic mass is 10.0. The molecule has 3 atom stereocenters. The van der Waals surface area contributed by atoms with E-state index in [1.807, 2.05) is 61.3 Å². The number of hydrogen-bond acceptors (Lipinski definition) is 5. The quantitative estimate of drug-likeness (QED) is 0.647. The second-order valence-corrected chi connectivity index (χ2v) is 7.81. The molecule has 1 aliphatic rings. The highest BCUT2D eigenvalue weighted by molar-refractivity contribution is 5.95. The maximum atomic E-state index is 13.0. The molecule has 0 spiro atoms. The summed E-state index contributed by atoms with van der Waals surface area (Å²) in [5.74, 6) is 1.48. The van der Waals surface area contributed by atoms with Crippen LogP contribution in [-0.2, 0) is 0 Å². The van der Waals surface area contributed by atoms with Gasteiger partial charge in [-0.25, -0.2) is 0 Å². The van der Waals surface area contributed by atoms with Crippen LogP contribution >= 0.6 is 0 Å². The monoisotopic (exact) mass is 412 g/mol. The average Bonchev–Trinajstić information content (AvgIpc) is 3.25. The number of nitrogens with zero attached hydrogens (tertiary/aromatic N) is 1. The van der Waals surface area contributed by atoms with Crippen molar-refractivity contribution in [3.8, 4) is 22.6 Å². The van der Waals surface area contributed by atoms with Gasteiger partial charge in [0.1, 0.15) is 17.7 Å². The van der Waals surface area contributed by atoms with Crippen LogP contribution in [-0.4, -0.2) is 55.5 Å². The molecule has 0 bridgehead atoms. The van der Waals surface area contributed by atoms with E-state index in [-0.39, 0.29) is 18.0 Å². The van der Waals surface area contributed by atoms with E-state index < -0.39 is 6.23 Å². The summed E-state index contributed by atoms with van der Waals surface area (Å²) in [4.78, 5) is 14.8. The van der Waals surface area contributed by atoms with Crippen LogP contribution in [0.15, 0.2) is 42.5 Å². The van der Waals surface area contributed by atoms with E-state index in [2.05, 4.69) is 5.32 Å². The van der Waals surface area contributed by atoms with E-state index in [0.717, 1.165) is 41.9 Å². The molecule has 0 heterocycles. The third-order valence-electron chi connectivity index (χ3n) is 5.94. The Morgan fingerprint density at radius 1 is 1.17 bits per heavy atom. The first-order valence-electron chi connectivity index (χ1n) is 10.5. The molecule has 0 radical (unpaired) electrons. The molecule has 6 nitrogen and oxygen atoms in total. The minimum absolute atomic E-state index is 0.0185. The number of methoxy groups -OCH3 is 2. The third kappa shape index (κ3) is 4.94. The second kappa shape index (κ2) is 9.96. The van der Waals surface area contributed by atoms with Gasteiger partial charge in [-0.2, -0.15) is 0 Å². The molecule has 0 saturated heterocycles. The van der Waals surface area contributed by atoms with Gasteiger partial charge in [0.15, 0.2) is 0 Å². The maximum Gasteiger partial charge on any atom is 0.253 e. The Morgan fingerprint density at radius 2 is 1.90 bits per heavy atom. The first-order valence-corrected chi connectivity index (χ1v) is 10.5. The van der Waals surface area contributed by atoms with E-state index in [9.17, 15) is 9.90 Å². The molecular weight excluding hydrogens is 380 g/mol. The molecule has 1 saturated carbocycles. The highest BCUT2D eigenvalue weighted by Gasteiger charge is 2.30. The Labute approximate surface area is 178 Å². The molecular formula is C24H32N2O4. The number of hydrogen-bond donors (Lipinski definition) is 2. The van der Waals surface area contributed by atoms with Crippen molar-refractivity contribution in [2.45, 2.75) is 50.9 Å². The van der Waals surface area contributed by atoms with Crippen LogP contribution in [0.4, 0.5) is 0 Å². The van der Waals surface area contributed by atoms with Crippen LogP contribution in [0.2, 0.25) is 0 Å². The van der Waals surface area contributed by atoms with Gasteiger partial charge in [0.25, 0.3) is 5.91 Å². The Morgan fingerprint density at radius 3 is 2.53 bits per heavy atom. The zero-order chi connectivity index (χ0) is 21.7. The summed E-state index contributed by atoms with van der Waals surface area (Å²) >= 11 is 0. The van der Waals surface area contributed by atoms with Crippen LogP contribution in [0.1, 0.15) is 43.0 Å². The van der Waals surface area contributed by atoms with Crippen molar-refractivity contribution in [3.63, 3.8) is 0 Å². The van der Waals surface area contributed by atoms with Gasteiger partial charge in [-0.05, 0) is 55.5 Å². The predicted octanol–water partition coefficient (Wildman–Crippen LogP) is 3.68. The number of ether oxygens (including phenoxy) is 2. The highest BCUT2D eigenvalue weighted by atomic mass is 16.5. The van der Waals surface area contributed by atoms with Crippen LogP contribution in [0.5, 0.6) is 11.5 Å². The fourth-order valence-corrected chi connectivity index (χ4v) is 4.05. The van der Waals surface area contributed by atoms with Crippen molar-refractivity contribution in [2.75, 3.05) is 21.3 Å². The van der Waals surface area contributed by atoms with Crippen molar-refractivity contribution < 1.29 is 19.4 Å². The summed E-state index contributed by atoms with van der Waals surface area (Å²) < 4.78 is 10.8. The van der Waals surface area contributed by atoms with Gasteiger partial charge >= 0.3 is 0 Å². The van der Waals surface area contributed by atoms with E-state index >= 15 is 0 Å². The average molecular weight is 413 g/mol. The number of carbonyl (C=O) groups is 1. The lowest BCUT2D eigenvalue weighted by Gasteiger charge is -2.25. The summed E-state index contributed by atoms with van der Waals surface area (Å²) in [6.07, 6.45) is 2.98. The normalized spacial score (nSPS) is 19.4. The van der Waals surface area contributed by atoms with Crippen molar-refractivity contribution >= 4 is 5.91 Å². The predicted molar refractivity (Wildman–Crippen MR) is 118 cm³/mol. The summed E-state index contributed by atoms with van der Waals surface area (Å²) in [6, 6.07) is 13.8. The van der Waals surface area contributed by atoms with Crippen LogP contribution < -0.4 is 14.8 Å². The van der Waals surface area contributed by atoms with Crippen LogP contribution in [0.3, 0.4) is 0 Å². The molecule has 1 fully saturated rings. The summed E-state index contributed by atoms with van der Waals surface area (Å²) in [7, 11) is 5.13. The fraction of sp³-hybridized carbons (Fsp3) is 0.458. The van der Waals surface area contributed by atoms with E-state index in [0.29, 0.717) is 12.0 Å². The molecule has 2 aromatic carbocycles. The minimum atomic E-state index is -0.475. The first-order chi connectivity index (χ1) is 14.5. The minimum Gasteiger partial charge on any atom is -0.497 e. The van der Waals surface area contributed by atoms with Crippen LogP contribution in [0, 0.1) is 0 Å². The highest BCUT2D eigenvalue weighted by Crippen LogP contribution is 2.33. The van der Waals surface area contributed by atoms with E-state index in [1.54, 1.807) is 14.2 Å². The topological polar surface area (TPSA) is 71.0 Å². The van der Waals surface area contributed by atoms with Gasteiger partial charge < -0.3 is 19.5 Å². The number of carbonyl (C=O) groups excluding carboxylic acids is 1. The molecule has 162 valence electrons. The summed E-state index contributed by atoms with van der Waals surface area (Å²) in [6.45, 7) is 1.95. The van der Waals surface area contributed by atoms with Crippen molar-refractivity contribution in [1.82, 2.24) is 10.2 Å². The van der Waals surface area contributed by atoms with E-state index in [1.165, 1.54) is 0 Å². The second-order valence-electron chi connectivity index (χ2n) is 7.81. The van der Waals surface area contributed by atoms with Gasteiger partial charge in [-0.15, -0.1) is 0 Å². The molecule has 1 aliphatic carbocycles. The smallest absolute Gasteiger partial charge is 0.253 e. The molecule has 1 amide bonds. The van der Waals surface area contributed by atoms with Crippen molar-refractivity contribution in [1.29, 1.82) is 0 Å². The molecule has 3 rings (SSSR count). The molecule has 1 unspecified atom stereocenters. The molecule has 30 heavy (non-hydrogen) atoms. The fourth-order valence-electron chi connectivity index (χ4n) is 4.05. The Bertz CT molecular complexity index is 853. The standard InChI is InChI=1S/C24H32N2O4/c1-5-23(27)25-18-10-11-19(14-18)26(2)24(28)17-8-6-16(7-9-17)21-13-12-20(29-3)15-22(21)30-4/h6-9,12-13,15,18-19,23,25,27H,5,10-11,14H2,1-4H3/t18-,19+,23?/m0/s1. The molecule has 6 heteroatoms. The zero-order valence-electron chi connectivity index (χ0n) is 18.2. The van der Waals surface area contributed by atoms with Gasteiger partial charge in [-0.3, -0.25) is 10.1 Å². The van der Waals surface area contributed by atoms with Gasteiger partial charge in [-0.1, -0.05) is 19.1 Å². The number of aliphatic hydroxyl groups is 1. The third-order valence-corrected chi connectivity index (χ3v) is 5.94. The Kier molecular flexibility index (Phi) is 7.34. The Hall–Kier alpha value is -2.57. The van der Waals surface area contributed by atoms with Crippen molar-refractivity contribution in [2.24, 2.45) is 0 Å². The first kappa shape index (κ1) is 22.1. The van der Waals surface area contributed by atoms with Crippen molar-refractivity contribution in [3.05, 3.63) is 48.0 Å². The Balaban J connectivity index is 1.68. The number of benzene rings is 2. The molecule has 2 aromatic rings. The van der Waals surface area contributed by atoms with E-state index in [4.69, 9.17) is 9.47 Å². The lowest BCUT2D eigenvalue weighted by Crippen LogP contribution is -2.39. The molecule has 0 aromatic heterocycles. The van der Waals surface area contributed by atoms with Crippen LogP contribution in [0.25, 0.3) is 11.1 Å².